The summed E-state index contributed by atoms with van der Waals surface area (Å²) in [6.07, 6.45) is 1.71. The number of imidazole rings is 1. The molecule has 102 valence electrons. The van der Waals surface area contributed by atoms with Gasteiger partial charge in [-0.25, -0.2) is 4.98 Å². The predicted octanol–water partition coefficient (Wildman–Crippen LogP) is 3.05. The van der Waals surface area contributed by atoms with Crippen molar-refractivity contribution in [1.82, 2.24) is 9.55 Å². The molecule has 0 spiro atoms. The van der Waals surface area contributed by atoms with E-state index in [1.807, 2.05) is 53.1 Å². The zero-order chi connectivity index (χ0) is 14.7. The van der Waals surface area contributed by atoms with Gasteiger partial charge >= 0.3 is 0 Å². The predicted molar refractivity (Wildman–Crippen MR) is 82.3 cm³/mol. The maximum Gasteiger partial charge on any atom is 0.131 e. The lowest BCUT2D eigenvalue weighted by Crippen LogP contribution is -2.03. The van der Waals surface area contributed by atoms with Gasteiger partial charge in [0.1, 0.15) is 11.5 Å². The van der Waals surface area contributed by atoms with Gasteiger partial charge in [-0.3, -0.25) is 0 Å². The zero-order valence-electron chi connectivity index (χ0n) is 11.4. The van der Waals surface area contributed by atoms with Crippen molar-refractivity contribution in [1.29, 1.82) is 5.26 Å². The summed E-state index contributed by atoms with van der Waals surface area (Å²) in [5, 5.41) is 9.19. The molecule has 0 atom stereocenters. The Morgan fingerprint density at radius 3 is 2.52 bits per heavy atom. The van der Waals surface area contributed by atoms with Crippen LogP contribution >= 0.6 is 0 Å². The number of benzene rings is 2. The molecular weight excluding hydrogens is 260 g/mol. The Kier molecular flexibility index (Phi) is 3.40. The number of nitrogens with zero attached hydrogens (tertiary/aromatic N) is 3. The number of anilines is 1. The monoisotopic (exact) mass is 274 g/mol. The summed E-state index contributed by atoms with van der Waals surface area (Å²) in [6.45, 7) is 0.661. The third-order valence-electron chi connectivity index (χ3n) is 3.38. The van der Waals surface area contributed by atoms with E-state index in [-0.39, 0.29) is 0 Å². The van der Waals surface area contributed by atoms with Crippen LogP contribution in [-0.2, 0) is 6.54 Å². The average molecular weight is 274 g/mol. The van der Waals surface area contributed by atoms with E-state index in [1.165, 1.54) is 0 Å². The van der Waals surface area contributed by atoms with Gasteiger partial charge in [0.25, 0.3) is 0 Å². The van der Waals surface area contributed by atoms with Crippen molar-refractivity contribution in [2.75, 3.05) is 5.73 Å². The van der Waals surface area contributed by atoms with Crippen molar-refractivity contribution < 1.29 is 0 Å². The first-order chi connectivity index (χ1) is 10.3. The lowest BCUT2D eigenvalue weighted by atomic mass is 10.1. The molecule has 0 saturated heterocycles. The van der Waals surface area contributed by atoms with E-state index in [1.54, 1.807) is 12.4 Å². The quantitative estimate of drug-likeness (QED) is 0.798. The lowest BCUT2D eigenvalue weighted by molar-refractivity contribution is 0.808. The molecule has 0 saturated carbocycles. The van der Waals surface area contributed by atoms with E-state index < -0.39 is 0 Å². The van der Waals surface area contributed by atoms with Crippen LogP contribution in [0.4, 0.5) is 5.82 Å². The third kappa shape index (κ3) is 2.49. The van der Waals surface area contributed by atoms with Crippen LogP contribution in [0.15, 0.2) is 60.9 Å². The van der Waals surface area contributed by atoms with Crippen molar-refractivity contribution in [3.8, 4) is 17.3 Å². The first kappa shape index (κ1) is 12.9. The number of nitrogen functional groups attached to an aromatic ring is 1. The van der Waals surface area contributed by atoms with Gasteiger partial charge in [-0.05, 0) is 11.6 Å². The molecule has 21 heavy (non-hydrogen) atoms. The summed E-state index contributed by atoms with van der Waals surface area (Å²) in [5.41, 5.74) is 9.35. The van der Waals surface area contributed by atoms with Crippen LogP contribution in [0.3, 0.4) is 0 Å². The van der Waals surface area contributed by atoms with Gasteiger partial charge in [-0.2, -0.15) is 5.26 Å². The molecule has 2 N–H and O–H groups in total. The van der Waals surface area contributed by atoms with Crippen LogP contribution in [0, 0.1) is 11.3 Å². The Morgan fingerprint density at radius 1 is 1.05 bits per heavy atom. The maximum absolute atomic E-state index is 9.19. The van der Waals surface area contributed by atoms with Gasteiger partial charge in [-0.1, -0.05) is 48.5 Å². The molecule has 3 rings (SSSR count). The molecule has 0 radical (unpaired) electrons. The fraction of sp³-hybridized carbons (Fsp3) is 0.0588. The largest absolute Gasteiger partial charge is 0.383 e. The Bertz CT molecular complexity index is 797. The van der Waals surface area contributed by atoms with E-state index in [0.29, 0.717) is 23.6 Å². The van der Waals surface area contributed by atoms with Gasteiger partial charge in [-0.15, -0.1) is 0 Å². The van der Waals surface area contributed by atoms with Crippen LogP contribution in [-0.4, -0.2) is 9.55 Å². The second-order valence-corrected chi connectivity index (χ2v) is 4.75. The van der Waals surface area contributed by atoms with Crippen molar-refractivity contribution >= 4 is 5.82 Å². The zero-order valence-corrected chi connectivity index (χ0v) is 11.4. The van der Waals surface area contributed by atoms with E-state index >= 15 is 0 Å². The molecule has 0 bridgehead atoms. The van der Waals surface area contributed by atoms with E-state index in [2.05, 4.69) is 11.1 Å². The van der Waals surface area contributed by atoms with Gasteiger partial charge in [0.2, 0.25) is 0 Å². The molecule has 4 nitrogen and oxygen atoms in total. The molecule has 0 amide bonds. The Labute approximate surface area is 123 Å². The first-order valence-electron chi connectivity index (χ1n) is 6.63. The Morgan fingerprint density at radius 2 is 1.76 bits per heavy atom. The molecule has 3 aromatic rings. The highest BCUT2D eigenvalue weighted by Gasteiger charge is 2.13. The van der Waals surface area contributed by atoms with Crippen LogP contribution < -0.4 is 5.73 Å². The number of rotatable bonds is 3. The van der Waals surface area contributed by atoms with Crippen molar-refractivity contribution in [3.63, 3.8) is 0 Å². The lowest BCUT2D eigenvalue weighted by Gasteiger charge is -2.06. The third-order valence-corrected chi connectivity index (χ3v) is 3.38. The van der Waals surface area contributed by atoms with Crippen LogP contribution in [0.2, 0.25) is 0 Å². The van der Waals surface area contributed by atoms with E-state index in [9.17, 15) is 5.26 Å². The molecule has 0 fully saturated rings. The minimum absolute atomic E-state index is 0.571. The minimum Gasteiger partial charge on any atom is -0.383 e. The topological polar surface area (TPSA) is 67.6 Å². The highest BCUT2D eigenvalue weighted by molar-refractivity contribution is 5.75. The minimum atomic E-state index is 0.571. The van der Waals surface area contributed by atoms with Crippen molar-refractivity contribution in [2.45, 2.75) is 6.54 Å². The summed E-state index contributed by atoms with van der Waals surface area (Å²) in [5.74, 6) is 0.571. The van der Waals surface area contributed by atoms with Gasteiger partial charge in [0, 0.05) is 5.56 Å². The molecule has 1 aromatic heterocycles. The number of hydrogen-bond donors (Lipinski definition) is 1. The van der Waals surface area contributed by atoms with Crippen molar-refractivity contribution in [2.24, 2.45) is 0 Å². The molecule has 0 aliphatic carbocycles. The Hall–Kier alpha value is -3.06. The molecule has 0 aliphatic heterocycles. The van der Waals surface area contributed by atoms with Crippen molar-refractivity contribution in [3.05, 3.63) is 72.1 Å². The highest BCUT2D eigenvalue weighted by Crippen LogP contribution is 2.27. The van der Waals surface area contributed by atoms with Crippen LogP contribution in [0.1, 0.15) is 11.1 Å². The molecule has 1 heterocycles. The van der Waals surface area contributed by atoms with Gasteiger partial charge < -0.3 is 10.3 Å². The second kappa shape index (κ2) is 5.51. The van der Waals surface area contributed by atoms with Crippen LogP contribution in [0.5, 0.6) is 0 Å². The van der Waals surface area contributed by atoms with Gasteiger partial charge in [0.15, 0.2) is 0 Å². The Balaban J connectivity index is 1.98. The SMILES string of the molecule is N#Cc1ccccc1-c1ncn(Cc2ccccc2)c1N. The standard InChI is InChI=1S/C17H14N4/c18-10-14-8-4-5-9-15(14)16-17(19)21(12-20-16)11-13-6-2-1-3-7-13/h1-9,12H,11,19H2. The maximum atomic E-state index is 9.19. The second-order valence-electron chi connectivity index (χ2n) is 4.75. The summed E-state index contributed by atoms with van der Waals surface area (Å²) < 4.78 is 1.89. The summed E-state index contributed by atoms with van der Waals surface area (Å²) in [4.78, 5) is 4.38. The van der Waals surface area contributed by atoms with E-state index in [0.717, 1.165) is 11.1 Å². The summed E-state index contributed by atoms with van der Waals surface area (Å²) in [7, 11) is 0. The normalized spacial score (nSPS) is 10.2. The molecule has 0 aliphatic rings. The number of hydrogen-bond acceptors (Lipinski definition) is 3. The fourth-order valence-electron chi connectivity index (χ4n) is 2.29. The highest BCUT2D eigenvalue weighted by atomic mass is 15.1. The van der Waals surface area contributed by atoms with Crippen LogP contribution in [0.25, 0.3) is 11.3 Å². The molecule has 0 unspecified atom stereocenters. The van der Waals surface area contributed by atoms with E-state index in [4.69, 9.17) is 5.73 Å². The molecular formula is C17H14N4. The summed E-state index contributed by atoms with van der Waals surface area (Å²) >= 11 is 0. The fourth-order valence-corrected chi connectivity index (χ4v) is 2.29. The number of nitrogens with two attached hydrogens (primary N) is 1. The first-order valence-corrected chi connectivity index (χ1v) is 6.63. The smallest absolute Gasteiger partial charge is 0.131 e. The van der Waals surface area contributed by atoms with Gasteiger partial charge in [0.05, 0.1) is 24.5 Å². The average Bonchev–Trinajstić information content (AvgIpc) is 2.89. The molecule has 4 heteroatoms. The number of nitriles is 1. The summed E-state index contributed by atoms with van der Waals surface area (Å²) in [6, 6.07) is 19.6. The molecule has 2 aromatic carbocycles. The number of aromatic nitrogens is 2.